The topological polar surface area (TPSA) is 69.1 Å². The van der Waals surface area contributed by atoms with Crippen LogP contribution in [0.5, 0.6) is 0 Å². The van der Waals surface area contributed by atoms with Gasteiger partial charge in [0.05, 0.1) is 17.1 Å². The zero-order chi connectivity index (χ0) is 17.6. The molecule has 0 amide bonds. The first-order valence-electron chi connectivity index (χ1n) is 7.83. The molecule has 0 fully saturated rings. The molecule has 1 atom stereocenters. The van der Waals surface area contributed by atoms with Gasteiger partial charge in [0.15, 0.2) is 0 Å². The molecule has 2 aromatic heterocycles. The van der Waals surface area contributed by atoms with Crippen molar-refractivity contribution in [1.29, 1.82) is 0 Å². The summed E-state index contributed by atoms with van der Waals surface area (Å²) < 4.78 is 17.1. The van der Waals surface area contributed by atoms with Crippen molar-refractivity contribution in [3.05, 3.63) is 63.5 Å². The van der Waals surface area contributed by atoms with E-state index in [2.05, 4.69) is 49.0 Å². The predicted molar refractivity (Wildman–Crippen MR) is 105 cm³/mol. The molecule has 3 aromatic rings. The third-order valence-corrected chi connectivity index (χ3v) is 5.31. The van der Waals surface area contributed by atoms with Gasteiger partial charge in [-0.1, -0.05) is 18.2 Å². The number of fused-ring (bicyclic) bond motifs is 1. The summed E-state index contributed by atoms with van der Waals surface area (Å²) >= 11 is 2.24. The third-order valence-electron chi connectivity index (χ3n) is 4.49. The van der Waals surface area contributed by atoms with Gasteiger partial charge in [-0.05, 0) is 41.2 Å². The van der Waals surface area contributed by atoms with Gasteiger partial charge in [-0.15, -0.1) is 0 Å². The van der Waals surface area contributed by atoms with Crippen LogP contribution >= 0.6 is 22.6 Å². The quantitative estimate of drug-likeness (QED) is 0.615. The molecule has 0 saturated heterocycles. The van der Waals surface area contributed by atoms with Crippen LogP contribution in [0.4, 0.5) is 10.2 Å². The van der Waals surface area contributed by atoms with Crippen molar-refractivity contribution >= 4 is 45.2 Å². The fourth-order valence-electron chi connectivity index (χ4n) is 3.10. The van der Waals surface area contributed by atoms with Gasteiger partial charge in [-0.3, -0.25) is 4.99 Å². The molecule has 1 aliphatic rings. The van der Waals surface area contributed by atoms with Crippen LogP contribution in [0.15, 0.2) is 53.6 Å². The SMILES string of the molecule is CC(C1=CN=C(c2ccccc2F)C1)n1cc(I)c2c(N)ncnc21. The van der Waals surface area contributed by atoms with Crippen molar-refractivity contribution in [2.45, 2.75) is 19.4 Å². The summed E-state index contributed by atoms with van der Waals surface area (Å²) in [7, 11) is 0. The molecule has 0 bridgehead atoms. The van der Waals surface area contributed by atoms with Crippen LogP contribution in [-0.4, -0.2) is 20.2 Å². The zero-order valence-corrected chi connectivity index (χ0v) is 15.6. The lowest BCUT2D eigenvalue weighted by Gasteiger charge is -2.16. The van der Waals surface area contributed by atoms with Crippen molar-refractivity contribution in [1.82, 2.24) is 14.5 Å². The highest BCUT2D eigenvalue weighted by Crippen LogP contribution is 2.33. The minimum Gasteiger partial charge on any atom is -0.383 e. The predicted octanol–water partition coefficient (Wildman–Crippen LogP) is 4.10. The van der Waals surface area contributed by atoms with E-state index in [1.165, 1.54) is 12.4 Å². The fraction of sp³-hybridized carbons (Fsp3) is 0.167. The zero-order valence-electron chi connectivity index (χ0n) is 13.4. The number of nitrogens with zero attached hydrogens (tertiary/aromatic N) is 4. The monoisotopic (exact) mass is 447 g/mol. The number of rotatable bonds is 3. The number of aliphatic imine (C=N–C) groups is 1. The number of halogens is 2. The summed E-state index contributed by atoms with van der Waals surface area (Å²) in [6.07, 6.45) is 5.93. The molecule has 2 N–H and O–H groups in total. The van der Waals surface area contributed by atoms with Gasteiger partial charge in [0.25, 0.3) is 0 Å². The fourth-order valence-corrected chi connectivity index (χ4v) is 3.91. The lowest BCUT2D eigenvalue weighted by atomic mass is 10.0. The average molecular weight is 447 g/mol. The molecule has 0 aliphatic carbocycles. The Bertz CT molecular complexity index is 1040. The van der Waals surface area contributed by atoms with E-state index >= 15 is 0 Å². The van der Waals surface area contributed by atoms with Crippen molar-refractivity contribution < 1.29 is 4.39 Å². The van der Waals surface area contributed by atoms with Crippen LogP contribution in [0.2, 0.25) is 0 Å². The van der Waals surface area contributed by atoms with Gasteiger partial charge in [0.1, 0.15) is 23.6 Å². The standard InChI is InChI=1S/C18H15FIN5/c1-10(25-8-14(20)16-17(21)23-9-24-18(16)25)11-6-15(22-7-11)12-4-2-3-5-13(12)19/h2-5,7-10H,6H2,1H3,(H2,21,23,24). The average Bonchev–Trinajstić information content (AvgIpc) is 3.21. The van der Waals surface area contributed by atoms with Gasteiger partial charge in [-0.2, -0.15) is 0 Å². The molecular weight excluding hydrogens is 432 g/mol. The Labute approximate surface area is 157 Å². The maximum Gasteiger partial charge on any atom is 0.147 e. The van der Waals surface area contributed by atoms with E-state index in [-0.39, 0.29) is 11.9 Å². The van der Waals surface area contributed by atoms with E-state index in [1.54, 1.807) is 12.1 Å². The molecule has 4 rings (SSSR count). The van der Waals surface area contributed by atoms with Crippen molar-refractivity contribution in [2.24, 2.45) is 4.99 Å². The van der Waals surface area contributed by atoms with Crippen molar-refractivity contribution in [2.75, 3.05) is 5.73 Å². The minimum atomic E-state index is -0.245. The van der Waals surface area contributed by atoms with Crippen LogP contribution in [-0.2, 0) is 0 Å². The van der Waals surface area contributed by atoms with Gasteiger partial charge in [0, 0.05) is 28.0 Å². The molecule has 1 aromatic carbocycles. The van der Waals surface area contributed by atoms with Crippen molar-refractivity contribution in [3.63, 3.8) is 0 Å². The van der Waals surface area contributed by atoms with E-state index in [0.29, 0.717) is 17.8 Å². The molecule has 7 heteroatoms. The summed E-state index contributed by atoms with van der Waals surface area (Å²) in [6.45, 7) is 2.08. The van der Waals surface area contributed by atoms with E-state index in [0.717, 1.165) is 25.9 Å². The number of anilines is 1. The summed E-state index contributed by atoms with van der Waals surface area (Å²) in [5.74, 6) is 0.231. The summed E-state index contributed by atoms with van der Waals surface area (Å²) in [4.78, 5) is 12.9. The van der Waals surface area contributed by atoms with Crippen LogP contribution in [0.3, 0.4) is 0 Å². The Balaban J connectivity index is 1.65. The maximum atomic E-state index is 14.0. The molecule has 1 unspecified atom stereocenters. The lowest BCUT2D eigenvalue weighted by Crippen LogP contribution is -2.10. The molecule has 3 heterocycles. The Hall–Kier alpha value is -2.29. The Morgan fingerprint density at radius 1 is 1.28 bits per heavy atom. The van der Waals surface area contributed by atoms with Gasteiger partial charge < -0.3 is 10.3 Å². The highest BCUT2D eigenvalue weighted by Gasteiger charge is 2.23. The number of nitrogen functional groups attached to an aromatic ring is 1. The van der Waals surface area contributed by atoms with Gasteiger partial charge in [-0.25, -0.2) is 14.4 Å². The first-order valence-corrected chi connectivity index (χ1v) is 8.91. The Morgan fingerprint density at radius 2 is 2.08 bits per heavy atom. The third kappa shape index (κ3) is 2.72. The minimum absolute atomic E-state index is 0.0355. The van der Waals surface area contributed by atoms with E-state index in [9.17, 15) is 4.39 Å². The van der Waals surface area contributed by atoms with Crippen LogP contribution in [0, 0.1) is 9.39 Å². The van der Waals surface area contributed by atoms with E-state index in [4.69, 9.17) is 5.73 Å². The van der Waals surface area contributed by atoms with E-state index in [1.807, 2.05) is 18.5 Å². The normalized spacial score (nSPS) is 15.3. The molecule has 0 radical (unpaired) electrons. The smallest absolute Gasteiger partial charge is 0.147 e. The van der Waals surface area contributed by atoms with Gasteiger partial charge >= 0.3 is 0 Å². The van der Waals surface area contributed by atoms with Crippen molar-refractivity contribution in [3.8, 4) is 0 Å². The summed E-state index contributed by atoms with van der Waals surface area (Å²) in [5.41, 5.74) is 9.19. The van der Waals surface area contributed by atoms with Gasteiger partial charge in [0.2, 0.25) is 0 Å². The second kappa shape index (κ2) is 6.21. The van der Waals surface area contributed by atoms with Crippen LogP contribution in [0.1, 0.15) is 24.9 Å². The highest BCUT2D eigenvalue weighted by atomic mass is 127. The summed E-state index contributed by atoms with van der Waals surface area (Å²) in [5, 5.41) is 0.865. The number of nitrogens with two attached hydrogens (primary N) is 1. The molecule has 5 nitrogen and oxygen atoms in total. The maximum absolute atomic E-state index is 14.0. The second-order valence-electron chi connectivity index (χ2n) is 5.95. The number of aromatic nitrogens is 3. The molecule has 25 heavy (non-hydrogen) atoms. The van der Waals surface area contributed by atoms with Crippen LogP contribution in [0.25, 0.3) is 11.0 Å². The number of allylic oxidation sites excluding steroid dienone is 1. The number of benzene rings is 1. The van der Waals surface area contributed by atoms with Crippen LogP contribution < -0.4 is 5.73 Å². The summed E-state index contributed by atoms with van der Waals surface area (Å²) in [6, 6.07) is 6.76. The lowest BCUT2D eigenvalue weighted by molar-refractivity contribution is 0.623. The molecule has 1 aliphatic heterocycles. The second-order valence-corrected chi connectivity index (χ2v) is 7.12. The Kier molecular flexibility index (Phi) is 4.03. The first kappa shape index (κ1) is 16.2. The Morgan fingerprint density at radius 3 is 2.88 bits per heavy atom. The molecule has 126 valence electrons. The molecule has 0 saturated carbocycles. The first-order chi connectivity index (χ1) is 12.1. The molecular formula is C18H15FIN5. The highest BCUT2D eigenvalue weighted by molar-refractivity contribution is 14.1. The number of hydrogen-bond donors (Lipinski definition) is 1. The number of hydrogen-bond acceptors (Lipinski definition) is 4. The molecule has 0 spiro atoms. The van der Waals surface area contributed by atoms with E-state index < -0.39 is 0 Å². The largest absolute Gasteiger partial charge is 0.383 e.